The molecule has 0 aliphatic carbocycles. The summed E-state index contributed by atoms with van der Waals surface area (Å²) in [5.74, 6) is -1.96. The Morgan fingerprint density at radius 3 is 2.50 bits per heavy atom. The molecular weight excluding hydrogens is 138 g/mol. The van der Waals surface area contributed by atoms with E-state index in [9.17, 15) is 9.59 Å². The molecule has 0 heterocycles. The van der Waals surface area contributed by atoms with Crippen molar-refractivity contribution < 1.29 is 19.4 Å². The molecule has 0 spiro atoms. The first-order chi connectivity index (χ1) is 4.66. The van der Waals surface area contributed by atoms with Crippen LogP contribution >= 0.6 is 0 Å². The van der Waals surface area contributed by atoms with E-state index < -0.39 is 11.9 Å². The summed E-state index contributed by atoms with van der Waals surface area (Å²) < 4.78 is 4.18. The maximum atomic E-state index is 10.3. The largest absolute Gasteiger partial charge is 0.478 e. The highest BCUT2D eigenvalue weighted by molar-refractivity contribution is 5.90. The molecule has 56 valence electrons. The van der Waals surface area contributed by atoms with E-state index in [2.05, 4.69) is 4.74 Å². The molecule has 0 saturated heterocycles. The van der Waals surface area contributed by atoms with Crippen LogP contribution in [0, 0.1) is 0 Å². The van der Waals surface area contributed by atoms with Gasteiger partial charge in [-0.2, -0.15) is 0 Å². The van der Waals surface area contributed by atoms with Crippen LogP contribution in [0.25, 0.3) is 0 Å². The summed E-state index contributed by atoms with van der Waals surface area (Å²) >= 11 is 0. The minimum absolute atomic E-state index is 0.247. The zero-order valence-corrected chi connectivity index (χ0v) is 5.11. The second kappa shape index (κ2) is 4.51. The molecular formula is C5H7NO4. The van der Waals surface area contributed by atoms with Crippen LogP contribution < -0.4 is 5.73 Å². The third-order valence-corrected chi connectivity index (χ3v) is 0.588. The first kappa shape index (κ1) is 8.64. The monoisotopic (exact) mass is 145 g/mol. The predicted molar refractivity (Wildman–Crippen MR) is 31.9 cm³/mol. The van der Waals surface area contributed by atoms with Gasteiger partial charge in [0.2, 0.25) is 0 Å². The van der Waals surface area contributed by atoms with Crippen molar-refractivity contribution in [1.29, 1.82) is 0 Å². The van der Waals surface area contributed by atoms with Gasteiger partial charge in [0.05, 0.1) is 0 Å². The van der Waals surface area contributed by atoms with Crippen molar-refractivity contribution in [1.82, 2.24) is 0 Å². The smallest absolute Gasteiger partial charge is 0.332 e. The van der Waals surface area contributed by atoms with Crippen molar-refractivity contribution in [2.45, 2.75) is 0 Å². The fourth-order valence-electron chi connectivity index (χ4n) is 0.270. The van der Waals surface area contributed by atoms with Gasteiger partial charge in [0.25, 0.3) is 0 Å². The number of carbonyl (C=O) groups excluding carboxylic acids is 1. The number of carboxylic acid groups (broad SMARTS) is 1. The molecule has 0 aromatic carbocycles. The number of nitrogens with two attached hydrogens (primary N) is 1. The lowest BCUT2D eigenvalue weighted by Crippen LogP contribution is -2.09. The first-order valence-electron chi connectivity index (χ1n) is 2.44. The first-order valence-corrected chi connectivity index (χ1v) is 2.44. The van der Waals surface area contributed by atoms with Gasteiger partial charge < -0.3 is 9.84 Å². The lowest BCUT2D eigenvalue weighted by Gasteiger charge is -1.92. The third kappa shape index (κ3) is 4.79. The minimum atomic E-state index is -1.20. The summed E-state index contributed by atoms with van der Waals surface area (Å²) in [5.41, 5.74) is 4.81. The SMILES string of the molecule is NCOC(=O)/C=C\C(=O)O. The minimum Gasteiger partial charge on any atom is -0.478 e. The van der Waals surface area contributed by atoms with Crippen LogP contribution in [0.3, 0.4) is 0 Å². The molecule has 5 nitrogen and oxygen atoms in total. The molecule has 0 fully saturated rings. The molecule has 0 aromatic rings. The number of ether oxygens (including phenoxy) is 1. The van der Waals surface area contributed by atoms with E-state index in [-0.39, 0.29) is 6.73 Å². The Labute approximate surface area is 57.1 Å². The van der Waals surface area contributed by atoms with Gasteiger partial charge >= 0.3 is 11.9 Å². The number of carbonyl (C=O) groups is 2. The Kier molecular flexibility index (Phi) is 3.90. The number of carboxylic acids is 1. The standard InChI is InChI=1S/C5H7NO4/c6-3-10-5(9)2-1-4(7)8/h1-2H,3,6H2,(H,7,8)/b2-1-. The second-order valence-electron chi connectivity index (χ2n) is 1.30. The van der Waals surface area contributed by atoms with E-state index in [1.54, 1.807) is 0 Å². The van der Waals surface area contributed by atoms with Gasteiger partial charge in [-0.15, -0.1) is 0 Å². The van der Waals surface area contributed by atoms with Gasteiger partial charge in [-0.1, -0.05) is 0 Å². The lowest BCUT2D eigenvalue weighted by atomic mass is 10.5. The molecule has 0 radical (unpaired) electrons. The van der Waals surface area contributed by atoms with Crippen LogP contribution in [-0.4, -0.2) is 23.8 Å². The predicted octanol–water partition coefficient (Wildman–Crippen LogP) is -0.913. The van der Waals surface area contributed by atoms with Gasteiger partial charge in [-0.25, -0.2) is 9.59 Å². The van der Waals surface area contributed by atoms with Crippen molar-refractivity contribution in [3.05, 3.63) is 12.2 Å². The fraction of sp³-hybridized carbons (Fsp3) is 0.200. The zero-order valence-electron chi connectivity index (χ0n) is 5.11. The quantitative estimate of drug-likeness (QED) is 0.304. The van der Waals surface area contributed by atoms with Crippen molar-refractivity contribution >= 4 is 11.9 Å². The number of hydrogen-bond donors (Lipinski definition) is 2. The summed E-state index contributed by atoms with van der Waals surface area (Å²) in [6, 6.07) is 0. The maximum Gasteiger partial charge on any atom is 0.332 e. The van der Waals surface area contributed by atoms with Crippen molar-refractivity contribution in [2.24, 2.45) is 5.73 Å². The van der Waals surface area contributed by atoms with Gasteiger partial charge in [0.15, 0.2) is 0 Å². The molecule has 0 saturated carbocycles. The van der Waals surface area contributed by atoms with Crippen LogP contribution in [0.15, 0.2) is 12.2 Å². The highest BCUT2D eigenvalue weighted by atomic mass is 16.5. The highest BCUT2D eigenvalue weighted by Gasteiger charge is 1.94. The molecule has 3 N–H and O–H groups in total. The summed E-state index contributed by atoms with van der Waals surface area (Å²) in [5, 5.41) is 8.00. The van der Waals surface area contributed by atoms with Crippen LogP contribution in [0.2, 0.25) is 0 Å². The number of hydrogen-bond acceptors (Lipinski definition) is 4. The average Bonchev–Trinajstić information content (AvgIpc) is 1.85. The Hall–Kier alpha value is -1.36. The maximum absolute atomic E-state index is 10.3. The third-order valence-electron chi connectivity index (χ3n) is 0.588. The summed E-state index contributed by atoms with van der Waals surface area (Å²) in [4.78, 5) is 20.1. The molecule has 10 heavy (non-hydrogen) atoms. The lowest BCUT2D eigenvalue weighted by molar-refractivity contribution is -0.138. The van der Waals surface area contributed by atoms with Crippen LogP contribution in [0.1, 0.15) is 0 Å². The van der Waals surface area contributed by atoms with E-state index in [0.29, 0.717) is 6.08 Å². The van der Waals surface area contributed by atoms with E-state index in [4.69, 9.17) is 10.8 Å². The van der Waals surface area contributed by atoms with Crippen molar-refractivity contribution in [2.75, 3.05) is 6.73 Å². The van der Waals surface area contributed by atoms with Crippen LogP contribution in [0.4, 0.5) is 0 Å². The van der Waals surface area contributed by atoms with Gasteiger partial charge in [-0.05, 0) is 0 Å². The molecule has 0 aromatic heterocycles. The molecule has 0 aliphatic rings. The van der Waals surface area contributed by atoms with E-state index >= 15 is 0 Å². The Bertz CT molecular complexity index is 163. The number of esters is 1. The Morgan fingerprint density at radius 2 is 2.10 bits per heavy atom. The van der Waals surface area contributed by atoms with Crippen molar-refractivity contribution in [3.8, 4) is 0 Å². The number of rotatable bonds is 3. The molecule has 0 bridgehead atoms. The fourth-order valence-corrected chi connectivity index (χ4v) is 0.270. The van der Waals surface area contributed by atoms with E-state index in [1.807, 2.05) is 0 Å². The average molecular weight is 145 g/mol. The van der Waals surface area contributed by atoms with Gasteiger partial charge in [0, 0.05) is 12.2 Å². The Balaban J connectivity index is 3.67. The van der Waals surface area contributed by atoms with Crippen LogP contribution in [-0.2, 0) is 14.3 Å². The molecule has 0 atom stereocenters. The van der Waals surface area contributed by atoms with Gasteiger partial charge in [-0.3, -0.25) is 5.73 Å². The normalized spacial score (nSPS) is 9.70. The highest BCUT2D eigenvalue weighted by Crippen LogP contribution is 1.78. The molecule has 0 rings (SSSR count). The van der Waals surface area contributed by atoms with Crippen molar-refractivity contribution in [3.63, 3.8) is 0 Å². The molecule has 5 heteroatoms. The van der Waals surface area contributed by atoms with Crippen LogP contribution in [0.5, 0.6) is 0 Å². The van der Waals surface area contributed by atoms with E-state index in [0.717, 1.165) is 6.08 Å². The Morgan fingerprint density at radius 1 is 1.50 bits per heavy atom. The van der Waals surface area contributed by atoms with Gasteiger partial charge in [0.1, 0.15) is 6.73 Å². The molecule has 0 aliphatic heterocycles. The zero-order chi connectivity index (χ0) is 7.98. The number of aliphatic carboxylic acids is 1. The second-order valence-corrected chi connectivity index (χ2v) is 1.30. The summed E-state index contributed by atoms with van der Waals surface area (Å²) in [6.07, 6.45) is 1.47. The molecule has 0 amide bonds. The topological polar surface area (TPSA) is 89.6 Å². The summed E-state index contributed by atoms with van der Waals surface area (Å²) in [6.45, 7) is -0.247. The molecule has 0 unspecified atom stereocenters. The van der Waals surface area contributed by atoms with E-state index in [1.165, 1.54) is 0 Å². The summed E-state index contributed by atoms with van der Waals surface area (Å²) in [7, 11) is 0.